The number of nitrogens with one attached hydrogen (secondary N) is 1. The van der Waals surface area contributed by atoms with Crippen LogP contribution in [0.2, 0.25) is 0 Å². The van der Waals surface area contributed by atoms with Gasteiger partial charge in [0.05, 0.1) is 25.4 Å². The molecule has 3 heterocycles. The highest BCUT2D eigenvalue weighted by Gasteiger charge is 2.21. The molecular formula is C20H20N2O4S. The molecule has 0 saturated heterocycles. The molecule has 2 aromatic heterocycles. The predicted molar refractivity (Wildman–Crippen MR) is 102 cm³/mol. The number of hydrogen-bond donors (Lipinski definition) is 1. The summed E-state index contributed by atoms with van der Waals surface area (Å²) in [4.78, 5) is 15.8. The molecule has 7 heteroatoms. The van der Waals surface area contributed by atoms with Crippen LogP contribution in [0.3, 0.4) is 0 Å². The maximum Gasteiger partial charge on any atom is 0.318 e. The van der Waals surface area contributed by atoms with Crippen molar-refractivity contribution >= 4 is 17.4 Å². The summed E-state index contributed by atoms with van der Waals surface area (Å²) in [5.74, 6) is 2.19. The maximum atomic E-state index is 12.9. The lowest BCUT2D eigenvalue weighted by molar-refractivity contribution is 0.173. The number of benzene rings is 1. The average Bonchev–Trinajstić information content (AvgIpc) is 3.43. The molecule has 0 aliphatic carbocycles. The van der Waals surface area contributed by atoms with Crippen LogP contribution in [-0.2, 0) is 13.1 Å². The molecule has 1 aromatic carbocycles. The standard InChI is InChI=1S/C20H20N2O4S/c1-14(15-6-7-18-19(10-15)26-13-25-18)21-20(23)22(11-16-4-2-8-24-16)12-17-5-3-9-27-17/h2-10,14H,11-13H2,1H3,(H,21,23). The molecule has 3 aromatic rings. The summed E-state index contributed by atoms with van der Waals surface area (Å²) in [6.07, 6.45) is 1.62. The Morgan fingerprint density at radius 2 is 2.07 bits per heavy atom. The Morgan fingerprint density at radius 1 is 1.19 bits per heavy atom. The first-order valence-electron chi connectivity index (χ1n) is 8.69. The summed E-state index contributed by atoms with van der Waals surface area (Å²) in [6.45, 7) is 3.12. The number of carbonyl (C=O) groups excluding carboxylic acids is 1. The summed E-state index contributed by atoms with van der Waals surface area (Å²) in [5.41, 5.74) is 0.960. The number of amides is 2. The van der Waals surface area contributed by atoms with Gasteiger partial charge >= 0.3 is 6.03 Å². The quantitative estimate of drug-likeness (QED) is 0.678. The molecule has 0 radical (unpaired) electrons. The Balaban J connectivity index is 1.46. The SMILES string of the molecule is CC(NC(=O)N(Cc1ccco1)Cc1cccs1)c1ccc2c(c1)OCO2. The van der Waals surface area contributed by atoms with E-state index in [1.165, 1.54) is 0 Å². The van der Waals surface area contributed by atoms with Gasteiger partial charge in [0.1, 0.15) is 5.76 Å². The van der Waals surface area contributed by atoms with Crippen molar-refractivity contribution in [1.29, 1.82) is 0 Å². The third-order valence-corrected chi connectivity index (χ3v) is 5.24. The lowest BCUT2D eigenvalue weighted by Gasteiger charge is -2.24. The van der Waals surface area contributed by atoms with E-state index in [0.717, 1.165) is 22.0 Å². The van der Waals surface area contributed by atoms with E-state index in [4.69, 9.17) is 13.9 Å². The molecular weight excluding hydrogens is 364 g/mol. The number of urea groups is 1. The van der Waals surface area contributed by atoms with Crippen LogP contribution in [0.1, 0.15) is 29.2 Å². The van der Waals surface area contributed by atoms with Crippen molar-refractivity contribution in [2.45, 2.75) is 26.1 Å². The molecule has 1 unspecified atom stereocenters. The lowest BCUT2D eigenvalue weighted by Crippen LogP contribution is -2.40. The van der Waals surface area contributed by atoms with Crippen LogP contribution >= 0.6 is 11.3 Å². The Hall–Kier alpha value is -2.93. The minimum atomic E-state index is -0.172. The molecule has 6 nitrogen and oxygen atoms in total. The van der Waals surface area contributed by atoms with Crippen molar-refractivity contribution in [3.63, 3.8) is 0 Å². The fourth-order valence-corrected chi connectivity index (χ4v) is 3.64. The average molecular weight is 384 g/mol. The molecule has 0 spiro atoms. The van der Waals surface area contributed by atoms with E-state index in [-0.39, 0.29) is 18.9 Å². The number of nitrogens with zero attached hydrogens (tertiary/aromatic N) is 1. The van der Waals surface area contributed by atoms with Crippen LogP contribution in [0.15, 0.2) is 58.5 Å². The molecule has 1 N–H and O–H groups in total. The van der Waals surface area contributed by atoms with Crippen LogP contribution in [0, 0.1) is 0 Å². The summed E-state index contributed by atoms with van der Waals surface area (Å²) >= 11 is 1.63. The van der Waals surface area contributed by atoms with Gasteiger partial charge < -0.3 is 24.1 Å². The summed E-state index contributed by atoms with van der Waals surface area (Å²) < 4.78 is 16.2. The van der Waals surface area contributed by atoms with Gasteiger partial charge in [-0.3, -0.25) is 0 Å². The Kier molecular flexibility index (Phi) is 5.02. The van der Waals surface area contributed by atoms with E-state index in [9.17, 15) is 4.79 Å². The smallest absolute Gasteiger partial charge is 0.318 e. The second-order valence-electron chi connectivity index (χ2n) is 6.30. The topological polar surface area (TPSA) is 63.9 Å². The molecule has 1 atom stereocenters. The number of rotatable bonds is 6. The van der Waals surface area contributed by atoms with Crippen molar-refractivity contribution in [1.82, 2.24) is 10.2 Å². The molecule has 1 aliphatic heterocycles. The molecule has 140 valence electrons. The normalized spacial score (nSPS) is 13.4. The van der Waals surface area contributed by atoms with Crippen molar-refractivity contribution < 1.29 is 18.7 Å². The van der Waals surface area contributed by atoms with Gasteiger partial charge in [0.2, 0.25) is 6.79 Å². The van der Waals surface area contributed by atoms with Crippen molar-refractivity contribution in [2.75, 3.05) is 6.79 Å². The summed E-state index contributed by atoms with van der Waals surface area (Å²) in [7, 11) is 0. The number of ether oxygens (including phenoxy) is 2. The number of hydrogen-bond acceptors (Lipinski definition) is 5. The van der Waals surface area contributed by atoms with Gasteiger partial charge in [-0.2, -0.15) is 0 Å². The second kappa shape index (κ2) is 7.75. The minimum Gasteiger partial charge on any atom is -0.467 e. The van der Waals surface area contributed by atoms with Crippen molar-refractivity contribution in [2.24, 2.45) is 0 Å². The zero-order valence-corrected chi connectivity index (χ0v) is 15.7. The first-order valence-corrected chi connectivity index (χ1v) is 9.57. The molecule has 0 bridgehead atoms. The maximum absolute atomic E-state index is 12.9. The Bertz CT molecular complexity index is 857. The highest BCUT2D eigenvalue weighted by Crippen LogP contribution is 2.34. The van der Waals surface area contributed by atoms with Gasteiger partial charge in [-0.05, 0) is 48.2 Å². The molecule has 0 saturated carbocycles. The van der Waals surface area contributed by atoms with E-state index in [1.807, 2.05) is 54.8 Å². The highest BCUT2D eigenvalue weighted by atomic mass is 32.1. The third-order valence-electron chi connectivity index (χ3n) is 4.38. The monoisotopic (exact) mass is 384 g/mol. The molecule has 1 aliphatic rings. The predicted octanol–water partition coefficient (Wildman–Crippen LogP) is 4.54. The largest absolute Gasteiger partial charge is 0.467 e. The number of furan rings is 1. The van der Waals surface area contributed by atoms with Crippen LogP contribution in [-0.4, -0.2) is 17.7 Å². The fourth-order valence-electron chi connectivity index (χ4n) is 2.92. The molecule has 27 heavy (non-hydrogen) atoms. The van der Waals surface area contributed by atoms with E-state index >= 15 is 0 Å². The molecule has 2 amide bonds. The van der Waals surface area contributed by atoms with Crippen LogP contribution in [0.4, 0.5) is 4.79 Å². The summed E-state index contributed by atoms with van der Waals surface area (Å²) in [5, 5.41) is 5.07. The van der Waals surface area contributed by atoms with E-state index in [0.29, 0.717) is 18.8 Å². The van der Waals surface area contributed by atoms with Crippen LogP contribution in [0.5, 0.6) is 11.5 Å². The minimum absolute atomic E-state index is 0.148. The number of carbonyl (C=O) groups is 1. The third kappa shape index (κ3) is 4.09. The van der Waals surface area contributed by atoms with E-state index in [2.05, 4.69) is 5.32 Å². The lowest BCUT2D eigenvalue weighted by atomic mass is 10.1. The van der Waals surface area contributed by atoms with Crippen molar-refractivity contribution in [3.05, 3.63) is 70.3 Å². The van der Waals surface area contributed by atoms with Crippen LogP contribution < -0.4 is 14.8 Å². The van der Waals surface area contributed by atoms with E-state index < -0.39 is 0 Å². The van der Waals surface area contributed by atoms with Crippen molar-refractivity contribution in [3.8, 4) is 11.5 Å². The zero-order chi connectivity index (χ0) is 18.6. The van der Waals surface area contributed by atoms with Gasteiger partial charge in [-0.1, -0.05) is 12.1 Å². The zero-order valence-electron chi connectivity index (χ0n) is 14.9. The Morgan fingerprint density at radius 3 is 2.85 bits per heavy atom. The van der Waals surface area contributed by atoms with E-state index in [1.54, 1.807) is 22.5 Å². The van der Waals surface area contributed by atoms with Crippen LogP contribution in [0.25, 0.3) is 0 Å². The summed E-state index contributed by atoms with van der Waals surface area (Å²) in [6, 6.07) is 13.1. The first-order chi connectivity index (χ1) is 13.2. The first kappa shape index (κ1) is 17.5. The Labute approximate surface area is 161 Å². The highest BCUT2D eigenvalue weighted by molar-refractivity contribution is 7.09. The van der Waals surface area contributed by atoms with Gasteiger partial charge in [0.15, 0.2) is 11.5 Å². The second-order valence-corrected chi connectivity index (χ2v) is 7.33. The molecule has 4 rings (SSSR count). The fraction of sp³-hybridized carbons (Fsp3) is 0.250. The molecule has 0 fully saturated rings. The van der Waals surface area contributed by atoms with Gasteiger partial charge in [-0.25, -0.2) is 4.79 Å². The van der Waals surface area contributed by atoms with Gasteiger partial charge in [-0.15, -0.1) is 11.3 Å². The van der Waals surface area contributed by atoms with Gasteiger partial charge in [0.25, 0.3) is 0 Å². The van der Waals surface area contributed by atoms with Gasteiger partial charge in [0, 0.05) is 4.88 Å². The number of thiophene rings is 1. The number of fused-ring (bicyclic) bond motifs is 1.